The molecule has 0 aromatic carbocycles. The molecular formula is C16H31NO3. The van der Waals surface area contributed by atoms with Gasteiger partial charge in [-0.1, -0.05) is 6.92 Å². The van der Waals surface area contributed by atoms with Crippen molar-refractivity contribution in [2.45, 2.75) is 45.1 Å². The topological polar surface area (TPSA) is 39.7 Å². The molecule has 0 aromatic heterocycles. The maximum absolute atomic E-state index is 5.72. The first-order valence-corrected chi connectivity index (χ1v) is 8.12. The van der Waals surface area contributed by atoms with Gasteiger partial charge in [0.1, 0.15) is 0 Å². The third-order valence-electron chi connectivity index (χ3n) is 4.56. The SMILES string of the molecule is COCCOCCOCCC(C)(CNC1CC1)C1CC1. The minimum atomic E-state index is 0.430. The third kappa shape index (κ3) is 6.08. The first-order chi connectivity index (χ1) is 9.74. The van der Waals surface area contributed by atoms with E-state index in [1.807, 2.05) is 0 Å². The van der Waals surface area contributed by atoms with Crippen LogP contribution in [0.25, 0.3) is 0 Å². The van der Waals surface area contributed by atoms with Crippen LogP contribution in [-0.2, 0) is 14.2 Å². The Morgan fingerprint density at radius 3 is 2.20 bits per heavy atom. The second kappa shape index (κ2) is 8.32. The molecule has 0 spiro atoms. The molecule has 2 rings (SSSR count). The van der Waals surface area contributed by atoms with Crippen molar-refractivity contribution in [3.05, 3.63) is 0 Å². The van der Waals surface area contributed by atoms with Gasteiger partial charge < -0.3 is 19.5 Å². The Morgan fingerprint density at radius 2 is 1.60 bits per heavy atom. The van der Waals surface area contributed by atoms with Crippen molar-refractivity contribution in [2.75, 3.05) is 46.7 Å². The molecule has 118 valence electrons. The predicted octanol–water partition coefficient (Wildman–Crippen LogP) is 2.22. The van der Waals surface area contributed by atoms with Crippen molar-refractivity contribution in [3.63, 3.8) is 0 Å². The van der Waals surface area contributed by atoms with E-state index in [4.69, 9.17) is 14.2 Å². The molecule has 0 aromatic rings. The number of ether oxygens (including phenoxy) is 3. The lowest BCUT2D eigenvalue weighted by atomic mass is 9.81. The van der Waals surface area contributed by atoms with Gasteiger partial charge in [-0.3, -0.25) is 0 Å². The lowest BCUT2D eigenvalue weighted by molar-refractivity contribution is 0.0158. The molecule has 2 saturated carbocycles. The van der Waals surface area contributed by atoms with Crippen LogP contribution >= 0.6 is 0 Å². The lowest BCUT2D eigenvalue weighted by Gasteiger charge is -2.30. The Bertz CT molecular complexity index is 266. The lowest BCUT2D eigenvalue weighted by Crippen LogP contribution is -2.36. The van der Waals surface area contributed by atoms with E-state index in [1.165, 1.54) is 25.7 Å². The van der Waals surface area contributed by atoms with Crippen molar-refractivity contribution in [1.29, 1.82) is 0 Å². The van der Waals surface area contributed by atoms with Crippen molar-refractivity contribution in [1.82, 2.24) is 5.32 Å². The van der Waals surface area contributed by atoms with Gasteiger partial charge in [0.05, 0.1) is 26.4 Å². The molecule has 1 unspecified atom stereocenters. The van der Waals surface area contributed by atoms with E-state index in [0.29, 0.717) is 31.8 Å². The fourth-order valence-electron chi connectivity index (χ4n) is 2.65. The molecule has 4 heteroatoms. The molecule has 0 amide bonds. The van der Waals surface area contributed by atoms with Gasteiger partial charge in [-0.2, -0.15) is 0 Å². The van der Waals surface area contributed by atoms with Crippen LogP contribution in [0, 0.1) is 11.3 Å². The van der Waals surface area contributed by atoms with Gasteiger partial charge in [0.25, 0.3) is 0 Å². The van der Waals surface area contributed by atoms with Crippen LogP contribution in [-0.4, -0.2) is 52.7 Å². The molecule has 0 saturated heterocycles. The zero-order valence-corrected chi connectivity index (χ0v) is 13.2. The minimum absolute atomic E-state index is 0.430. The summed E-state index contributed by atoms with van der Waals surface area (Å²) >= 11 is 0. The highest BCUT2D eigenvalue weighted by Crippen LogP contribution is 2.47. The Kier molecular flexibility index (Phi) is 6.75. The molecule has 2 fully saturated rings. The highest BCUT2D eigenvalue weighted by molar-refractivity contribution is 4.94. The van der Waals surface area contributed by atoms with Gasteiger partial charge in [-0.25, -0.2) is 0 Å². The summed E-state index contributed by atoms with van der Waals surface area (Å²) < 4.78 is 16.0. The van der Waals surface area contributed by atoms with Gasteiger partial charge in [-0.15, -0.1) is 0 Å². The van der Waals surface area contributed by atoms with Crippen LogP contribution in [0.15, 0.2) is 0 Å². The van der Waals surface area contributed by atoms with Gasteiger partial charge in [0, 0.05) is 26.3 Å². The van der Waals surface area contributed by atoms with Crippen molar-refractivity contribution in [2.24, 2.45) is 11.3 Å². The van der Waals surface area contributed by atoms with Gasteiger partial charge in [-0.05, 0) is 43.4 Å². The van der Waals surface area contributed by atoms with E-state index < -0.39 is 0 Å². The maximum Gasteiger partial charge on any atom is 0.0701 e. The number of hydrogen-bond acceptors (Lipinski definition) is 4. The van der Waals surface area contributed by atoms with Gasteiger partial charge in [0.15, 0.2) is 0 Å². The number of nitrogens with one attached hydrogen (secondary N) is 1. The molecule has 20 heavy (non-hydrogen) atoms. The van der Waals surface area contributed by atoms with E-state index in [1.54, 1.807) is 7.11 Å². The van der Waals surface area contributed by atoms with Crippen LogP contribution in [0.1, 0.15) is 39.0 Å². The zero-order valence-electron chi connectivity index (χ0n) is 13.2. The molecule has 1 atom stereocenters. The predicted molar refractivity (Wildman–Crippen MR) is 80.0 cm³/mol. The van der Waals surface area contributed by atoms with Crippen LogP contribution in [0.2, 0.25) is 0 Å². The Morgan fingerprint density at radius 1 is 0.950 bits per heavy atom. The largest absolute Gasteiger partial charge is 0.382 e. The summed E-state index contributed by atoms with van der Waals surface area (Å²) in [4.78, 5) is 0. The Labute approximate surface area is 123 Å². The standard InChI is InChI=1S/C16H31NO3/c1-16(14-3-4-14,13-17-15-5-6-15)7-8-19-11-12-20-10-9-18-2/h14-15,17H,3-13H2,1-2H3. The molecular weight excluding hydrogens is 254 g/mol. The summed E-state index contributed by atoms with van der Waals surface area (Å²) in [7, 11) is 1.69. The summed E-state index contributed by atoms with van der Waals surface area (Å²) in [6.45, 7) is 7.13. The van der Waals surface area contributed by atoms with E-state index >= 15 is 0 Å². The molecule has 4 nitrogen and oxygen atoms in total. The first-order valence-electron chi connectivity index (χ1n) is 8.12. The van der Waals surface area contributed by atoms with Crippen molar-refractivity contribution in [3.8, 4) is 0 Å². The number of rotatable bonds is 13. The average Bonchev–Trinajstić information content (AvgIpc) is 3.31. The quantitative estimate of drug-likeness (QED) is 0.527. The van der Waals surface area contributed by atoms with Gasteiger partial charge >= 0.3 is 0 Å². The summed E-state index contributed by atoms with van der Waals surface area (Å²) in [5, 5.41) is 3.70. The third-order valence-corrected chi connectivity index (χ3v) is 4.56. The normalized spacial score (nSPS) is 21.9. The average molecular weight is 285 g/mol. The maximum atomic E-state index is 5.72. The highest BCUT2D eigenvalue weighted by Gasteiger charge is 2.41. The van der Waals surface area contributed by atoms with E-state index in [9.17, 15) is 0 Å². The van der Waals surface area contributed by atoms with Gasteiger partial charge in [0.2, 0.25) is 0 Å². The fourth-order valence-corrected chi connectivity index (χ4v) is 2.65. The van der Waals surface area contributed by atoms with Crippen LogP contribution in [0.4, 0.5) is 0 Å². The van der Waals surface area contributed by atoms with E-state index in [2.05, 4.69) is 12.2 Å². The molecule has 0 aliphatic heterocycles. The fraction of sp³-hybridized carbons (Fsp3) is 1.00. The number of hydrogen-bond donors (Lipinski definition) is 1. The number of methoxy groups -OCH3 is 1. The Hall–Kier alpha value is -0.160. The van der Waals surface area contributed by atoms with Crippen molar-refractivity contribution < 1.29 is 14.2 Å². The summed E-state index contributed by atoms with van der Waals surface area (Å²) in [6.07, 6.45) is 6.72. The summed E-state index contributed by atoms with van der Waals surface area (Å²) in [5.74, 6) is 0.912. The molecule has 2 aliphatic rings. The van der Waals surface area contributed by atoms with Crippen LogP contribution in [0.5, 0.6) is 0 Å². The molecule has 0 heterocycles. The van der Waals surface area contributed by atoms with Crippen molar-refractivity contribution >= 4 is 0 Å². The van der Waals surface area contributed by atoms with E-state index in [0.717, 1.165) is 31.5 Å². The smallest absolute Gasteiger partial charge is 0.0701 e. The molecule has 0 radical (unpaired) electrons. The summed E-state index contributed by atoms with van der Waals surface area (Å²) in [6, 6.07) is 0.808. The second-order valence-electron chi connectivity index (χ2n) is 6.55. The molecule has 1 N–H and O–H groups in total. The van der Waals surface area contributed by atoms with E-state index in [-0.39, 0.29) is 0 Å². The zero-order chi connectivity index (χ0) is 14.3. The summed E-state index contributed by atoms with van der Waals surface area (Å²) in [5.41, 5.74) is 0.430. The monoisotopic (exact) mass is 285 g/mol. The first kappa shape index (κ1) is 16.2. The highest BCUT2D eigenvalue weighted by atomic mass is 16.5. The van der Waals surface area contributed by atoms with Crippen LogP contribution in [0.3, 0.4) is 0 Å². The van der Waals surface area contributed by atoms with Crippen LogP contribution < -0.4 is 5.32 Å². The Balaban J connectivity index is 1.50. The molecule has 0 bridgehead atoms. The minimum Gasteiger partial charge on any atom is -0.382 e. The molecule has 2 aliphatic carbocycles. The second-order valence-corrected chi connectivity index (χ2v) is 6.55.